The SMILES string of the molecule is N#Cc1ccc(-c2ccc3c(c2)oc2ccccc23)c2c1oc1c(-n3c4ccccc4c4cc(-c5ccccc5)ccc43)cccc12. The van der Waals surface area contributed by atoms with E-state index in [0.717, 1.165) is 66.1 Å². The Morgan fingerprint density at radius 3 is 2.11 bits per heavy atom. The van der Waals surface area contributed by atoms with Crippen LogP contribution in [0.5, 0.6) is 0 Å². The van der Waals surface area contributed by atoms with Crippen LogP contribution in [0.3, 0.4) is 0 Å². The maximum Gasteiger partial charge on any atom is 0.159 e. The van der Waals surface area contributed by atoms with Crippen LogP contribution in [0.15, 0.2) is 154 Å². The highest BCUT2D eigenvalue weighted by molar-refractivity contribution is 6.18. The highest BCUT2D eigenvalue weighted by atomic mass is 16.3. The molecule has 4 nitrogen and oxygen atoms in total. The molecular formula is C43H24N2O2. The zero-order valence-corrected chi connectivity index (χ0v) is 25.1. The fourth-order valence-corrected chi connectivity index (χ4v) is 7.33. The van der Waals surface area contributed by atoms with Crippen molar-refractivity contribution in [2.24, 2.45) is 0 Å². The fourth-order valence-electron chi connectivity index (χ4n) is 7.33. The first kappa shape index (κ1) is 25.7. The van der Waals surface area contributed by atoms with Crippen molar-refractivity contribution in [3.63, 3.8) is 0 Å². The van der Waals surface area contributed by atoms with Gasteiger partial charge < -0.3 is 13.4 Å². The van der Waals surface area contributed by atoms with Gasteiger partial charge in [-0.05, 0) is 70.8 Å². The van der Waals surface area contributed by atoms with Crippen molar-refractivity contribution in [3.05, 3.63) is 151 Å². The maximum atomic E-state index is 10.2. The minimum absolute atomic E-state index is 0.505. The third-order valence-corrected chi connectivity index (χ3v) is 9.46. The summed E-state index contributed by atoms with van der Waals surface area (Å²) in [6.45, 7) is 0. The van der Waals surface area contributed by atoms with Gasteiger partial charge in [-0.3, -0.25) is 0 Å². The van der Waals surface area contributed by atoms with E-state index in [1.165, 1.54) is 21.9 Å². The van der Waals surface area contributed by atoms with Gasteiger partial charge in [0, 0.05) is 32.3 Å². The number of nitrogens with zero attached hydrogens (tertiary/aromatic N) is 2. The lowest BCUT2D eigenvalue weighted by Gasteiger charge is -2.09. The van der Waals surface area contributed by atoms with E-state index in [-0.39, 0.29) is 0 Å². The first-order valence-corrected chi connectivity index (χ1v) is 15.7. The summed E-state index contributed by atoms with van der Waals surface area (Å²) in [7, 11) is 0. The van der Waals surface area contributed by atoms with Crippen LogP contribution in [0, 0.1) is 11.3 Å². The molecule has 4 heteroatoms. The molecule has 0 N–H and O–H groups in total. The van der Waals surface area contributed by atoms with E-state index < -0.39 is 0 Å². The van der Waals surface area contributed by atoms with Crippen LogP contribution in [0.4, 0.5) is 0 Å². The minimum atomic E-state index is 0.505. The molecule has 10 rings (SSSR count). The molecule has 0 amide bonds. The molecule has 0 spiro atoms. The average molecular weight is 601 g/mol. The molecule has 218 valence electrons. The molecule has 0 aliphatic carbocycles. The van der Waals surface area contributed by atoms with Crippen molar-refractivity contribution < 1.29 is 8.83 Å². The average Bonchev–Trinajstić information content (AvgIpc) is 3.81. The Kier molecular flexibility index (Phi) is 5.32. The van der Waals surface area contributed by atoms with Crippen LogP contribution < -0.4 is 0 Å². The summed E-state index contributed by atoms with van der Waals surface area (Å²) in [4.78, 5) is 0. The molecular weight excluding hydrogens is 576 g/mol. The summed E-state index contributed by atoms with van der Waals surface area (Å²) in [5, 5.41) is 16.6. The molecule has 3 aromatic heterocycles. The second-order valence-electron chi connectivity index (χ2n) is 12.0. The third-order valence-electron chi connectivity index (χ3n) is 9.46. The van der Waals surface area contributed by atoms with E-state index in [4.69, 9.17) is 8.83 Å². The highest BCUT2D eigenvalue weighted by Gasteiger charge is 2.22. The normalized spacial score (nSPS) is 11.8. The molecule has 0 bridgehead atoms. The minimum Gasteiger partial charge on any atom is -0.456 e. The van der Waals surface area contributed by atoms with E-state index >= 15 is 0 Å². The van der Waals surface area contributed by atoms with Crippen LogP contribution in [-0.4, -0.2) is 4.57 Å². The van der Waals surface area contributed by atoms with E-state index in [9.17, 15) is 5.26 Å². The van der Waals surface area contributed by atoms with Gasteiger partial charge in [0.2, 0.25) is 0 Å². The number of aromatic nitrogens is 1. The van der Waals surface area contributed by atoms with Crippen molar-refractivity contribution in [1.82, 2.24) is 4.57 Å². The van der Waals surface area contributed by atoms with Crippen LogP contribution in [0.2, 0.25) is 0 Å². The number of benzene rings is 7. The Bertz CT molecular complexity index is 2920. The highest BCUT2D eigenvalue weighted by Crippen LogP contribution is 2.43. The zero-order chi connectivity index (χ0) is 31.1. The predicted octanol–water partition coefficient (Wildman–Crippen LogP) is 11.8. The predicted molar refractivity (Wildman–Crippen MR) is 191 cm³/mol. The second kappa shape index (κ2) is 9.71. The van der Waals surface area contributed by atoms with Crippen LogP contribution in [0.1, 0.15) is 5.56 Å². The summed E-state index contributed by atoms with van der Waals surface area (Å²) >= 11 is 0. The first-order chi connectivity index (χ1) is 23.3. The van der Waals surface area contributed by atoms with Gasteiger partial charge in [0.05, 0.1) is 22.3 Å². The van der Waals surface area contributed by atoms with Crippen molar-refractivity contribution in [2.45, 2.75) is 0 Å². The van der Waals surface area contributed by atoms with E-state index in [1.807, 2.05) is 36.4 Å². The number of rotatable bonds is 3. The van der Waals surface area contributed by atoms with Gasteiger partial charge >= 0.3 is 0 Å². The Hall–Kier alpha value is -6.57. The van der Waals surface area contributed by atoms with Gasteiger partial charge in [-0.15, -0.1) is 0 Å². The summed E-state index contributed by atoms with van der Waals surface area (Å²) in [5.41, 5.74) is 11.0. The summed E-state index contributed by atoms with van der Waals surface area (Å²) in [5.74, 6) is 0. The van der Waals surface area contributed by atoms with Crippen molar-refractivity contribution in [3.8, 4) is 34.0 Å². The molecule has 7 aromatic carbocycles. The third kappa shape index (κ3) is 3.69. The number of hydrogen-bond donors (Lipinski definition) is 0. The molecule has 0 unspecified atom stereocenters. The Labute approximate surface area is 268 Å². The smallest absolute Gasteiger partial charge is 0.159 e. The standard InChI is InChI=1S/C43H24N2O2/c44-25-29-18-20-30(28-17-21-33-32-12-5-7-16-39(32)46-40(33)24-28)41-34-13-8-15-38(43(34)47-42(29)41)45-36-14-6-4-11-31(36)35-23-27(19-22-37(35)45)26-9-2-1-3-10-26/h1-24H. The number of fused-ring (bicyclic) bond motifs is 9. The number of furan rings is 2. The van der Waals surface area contributed by atoms with Gasteiger partial charge in [0.1, 0.15) is 17.2 Å². The molecule has 0 saturated carbocycles. The lowest BCUT2D eigenvalue weighted by atomic mass is 9.96. The van der Waals surface area contributed by atoms with E-state index in [0.29, 0.717) is 11.1 Å². The quantitative estimate of drug-likeness (QED) is 0.203. The van der Waals surface area contributed by atoms with E-state index in [1.54, 1.807) is 0 Å². The topological polar surface area (TPSA) is 55.0 Å². The van der Waals surface area contributed by atoms with Crippen LogP contribution in [0.25, 0.3) is 93.6 Å². The first-order valence-electron chi connectivity index (χ1n) is 15.7. The van der Waals surface area contributed by atoms with Crippen molar-refractivity contribution in [1.29, 1.82) is 5.26 Å². The van der Waals surface area contributed by atoms with Gasteiger partial charge in [-0.2, -0.15) is 5.26 Å². The number of hydrogen-bond acceptors (Lipinski definition) is 3. The number of para-hydroxylation sites is 3. The molecule has 0 aliphatic rings. The molecule has 0 saturated heterocycles. The molecule has 0 aliphatic heterocycles. The molecule has 10 aromatic rings. The largest absolute Gasteiger partial charge is 0.456 e. The summed E-state index contributed by atoms with van der Waals surface area (Å²) in [6.07, 6.45) is 0. The van der Waals surface area contributed by atoms with Crippen molar-refractivity contribution in [2.75, 3.05) is 0 Å². The van der Waals surface area contributed by atoms with E-state index in [2.05, 4.69) is 120 Å². The molecule has 0 fully saturated rings. The maximum absolute atomic E-state index is 10.2. The van der Waals surface area contributed by atoms with Crippen LogP contribution >= 0.6 is 0 Å². The molecule has 0 atom stereocenters. The monoisotopic (exact) mass is 600 g/mol. The summed E-state index contributed by atoms with van der Waals surface area (Å²) < 4.78 is 15.3. The lowest BCUT2D eigenvalue weighted by Crippen LogP contribution is -1.94. The molecule has 3 heterocycles. The molecule has 47 heavy (non-hydrogen) atoms. The zero-order valence-electron chi connectivity index (χ0n) is 25.1. The van der Waals surface area contributed by atoms with Gasteiger partial charge in [0.15, 0.2) is 11.2 Å². The van der Waals surface area contributed by atoms with Crippen molar-refractivity contribution >= 4 is 65.7 Å². The van der Waals surface area contributed by atoms with Gasteiger partial charge in [-0.1, -0.05) is 97.1 Å². The Morgan fingerprint density at radius 1 is 0.468 bits per heavy atom. The second-order valence-corrected chi connectivity index (χ2v) is 12.0. The van der Waals surface area contributed by atoms with Gasteiger partial charge in [0.25, 0.3) is 0 Å². The lowest BCUT2D eigenvalue weighted by molar-refractivity contribution is 0.665. The van der Waals surface area contributed by atoms with Crippen LogP contribution in [-0.2, 0) is 0 Å². The summed E-state index contributed by atoms with van der Waals surface area (Å²) in [6, 6.07) is 52.6. The number of nitriles is 1. The Morgan fingerprint density at radius 2 is 1.21 bits per heavy atom. The molecule has 0 radical (unpaired) electrons. The fraction of sp³-hybridized carbons (Fsp3) is 0. The Balaban J connectivity index is 1.24. The van der Waals surface area contributed by atoms with Gasteiger partial charge in [-0.25, -0.2) is 0 Å².